The second kappa shape index (κ2) is 5.84. The zero-order valence-corrected chi connectivity index (χ0v) is 11.3. The first-order chi connectivity index (χ1) is 9.19. The predicted octanol–water partition coefficient (Wildman–Crippen LogP) is 2.96. The van der Waals surface area contributed by atoms with Gasteiger partial charge in [0.15, 0.2) is 11.6 Å². The van der Waals surface area contributed by atoms with E-state index in [9.17, 15) is 4.39 Å². The van der Waals surface area contributed by atoms with E-state index in [0.717, 1.165) is 16.8 Å². The number of nitrogens with zero attached hydrogens (tertiary/aromatic N) is 1. The molecule has 0 spiro atoms. The first-order valence-corrected chi connectivity index (χ1v) is 6.12. The quantitative estimate of drug-likeness (QED) is 0.901. The maximum atomic E-state index is 13.8. The Labute approximate surface area is 111 Å². The summed E-state index contributed by atoms with van der Waals surface area (Å²) < 4.78 is 24.2. The van der Waals surface area contributed by atoms with E-state index in [0.29, 0.717) is 18.7 Å². The number of halogens is 1. The van der Waals surface area contributed by atoms with E-state index in [-0.39, 0.29) is 5.75 Å². The SMILES string of the molecule is CCOc1cc2c(NC)cc(COC)nc2cc1F. The maximum absolute atomic E-state index is 13.8. The van der Waals surface area contributed by atoms with Gasteiger partial charge in [-0.3, -0.25) is 4.98 Å². The van der Waals surface area contributed by atoms with Gasteiger partial charge in [0.2, 0.25) is 0 Å². The molecule has 0 atom stereocenters. The Balaban J connectivity index is 2.61. The molecule has 0 aliphatic heterocycles. The molecule has 4 nitrogen and oxygen atoms in total. The highest BCUT2D eigenvalue weighted by atomic mass is 19.1. The van der Waals surface area contributed by atoms with Gasteiger partial charge in [0.05, 0.1) is 24.4 Å². The fraction of sp³-hybridized carbons (Fsp3) is 0.357. The van der Waals surface area contributed by atoms with Gasteiger partial charge in [-0.1, -0.05) is 0 Å². The molecule has 1 aromatic heterocycles. The molecular weight excluding hydrogens is 247 g/mol. The number of ether oxygens (including phenoxy) is 2. The van der Waals surface area contributed by atoms with Crippen molar-refractivity contribution in [2.75, 3.05) is 26.1 Å². The lowest BCUT2D eigenvalue weighted by Gasteiger charge is -2.11. The van der Waals surface area contributed by atoms with E-state index in [4.69, 9.17) is 9.47 Å². The van der Waals surface area contributed by atoms with Crippen LogP contribution in [0.15, 0.2) is 18.2 Å². The van der Waals surface area contributed by atoms with Gasteiger partial charge < -0.3 is 14.8 Å². The smallest absolute Gasteiger partial charge is 0.167 e. The number of nitrogens with one attached hydrogen (secondary N) is 1. The van der Waals surface area contributed by atoms with Crippen LogP contribution < -0.4 is 10.1 Å². The van der Waals surface area contributed by atoms with Crippen LogP contribution in [0.1, 0.15) is 12.6 Å². The van der Waals surface area contributed by atoms with Gasteiger partial charge in [0.1, 0.15) is 0 Å². The molecule has 0 aliphatic carbocycles. The third-order valence-electron chi connectivity index (χ3n) is 2.78. The highest BCUT2D eigenvalue weighted by Crippen LogP contribution is 2.29. The minimum absolute atomic E-state index is 0.243. The number of anilines is 1. The van der Waals surface area contributed by atoms with Crippen molar-refractivity contribution in [1.29, 1.82) is 0 Å². The van der Waals surface area contributed by atoms with E-state index in [1.807, 2.05) is 20.0 Å². The third-order valence-corrected chi connectivity index (χ3v) is 2.78. The lowest BCUT2D eigenvalue weighted by atomic mass is 10.1. The minimum Gasteiger partial charge on any atom is -0.491 e. The molecule has 0 saturated carbocycles. The van der Waals surface area contributed by atoms with Crippen molar-refractivity contribution in [3.05, 3.63) is 29.7 Å². The third kappa shape index (κ3) is 2.76. The van der Waals surface area contributed by atoms with Crippen molar-refractivity contribution in [3.8, 4) is 5.75 Å². The molecule has 0 aliphatic rings. The Bertz CT molecular complexity index is 587. The van der Waals surface area contributed by atoms with Gasteiger partial charge in [-0.2, -0.15) is 0 Å². The van der Waals surface area contributed by atoms with E-state index in [1.165, 1.54) is 6.07 Å². The average Bonchev–Trinajstić information content (AvgIpc) is 2.39. The molecule has 0 fully saturated rings. The summed E-state index contributed by atoms with van der Waals surface area (Å²) in [5, 5.41) is 3.91. The van der Waals surface area contributed by atoms with Crippen molar-refractivity contribution >= 4 is 16.6 Å². The molecule has 0 bridgehead atoms. The monoisotopic (exact) mass is 264 g/mol. The number of methoxy groups -OCH3 is 1. The van der Waals surface area contributed by atoms with Crippen LogP contribution in [0.4, 0.5) is 10.1 Å². The molecular formula is C14H17FN2O2. The molecule has 1 heterocycles. The number of benzene rings is 1. The number of hydrogen-bond acceptors (Lipinski definition) is 4. The Kier molecular flexibility index (Phi) is 4.16. The fourth-order valence-corrected chi connectivity index (χ4v) is 1.98. The van der Waals surface area contributed by atoms with Crippen LogP contribution in [0.25, 0.3) is 10.9 Å². The average molecular weight is 264 g/mol. The summed E-state index contributed by atoms with van der Waals surface area (Å²) in [6.07, 6.45) is 0. The largest absolute Gasteiger partial charge is 0.491 e. The maximum Gasteiger partial charge on any atom is 0.167 e. The Hall–Kier alpha value is -1.88. The number of hydrogen-bond donors (Lipinski definition) is 1. The number of pyridine rings is 1. The highest BCUT2D eigenvalue weighted by Gasteiger charge is 2.11. The first-order valence-electron chi connectivity index (χ1n) is 6.12. The Morgan fingerprint density at radius 3 is 2.74 bits per heavy atom. The Morgan fingerprint density at radius 2 is 2.11 bits per heavy atom. The molecule has 2 rings (SSSR count). The molecule has 102 valence electrons. The van der Waals surface area contributed by atoms with Crippen LogP contribution in [-0.2, 0) is 11.3 Å². The van der Waals surface area contributed by atoms with Gasteiger partial charge in [0, 0.05) is 31.3 Å². The predicted molar refractivity (Wildman–Crippen MR) is 73.1 cm³/mol. The van der Waals surface area contributed by atoms with Crippen molar-refractivity contribution in [3.63, 3.8) is 0 Å². The molecule has 1 N–H and O–H groups in total. The van der Waals surface area contributed by atoms with E-state index in [1.54, 1.807) is 13.2 Å². The number of fused-ring (bicyclic) bond motifs is 1. The molecule has 0 amide bonds. The molecule has 5 heteroatoms. The van der Waals surface area contributed by atoms with Crippen LogP contribution in [0, 0.1) is 5.82 Å². The zero-order chi connectivity index (χ0) is 13.8. The molecule has 0 unspecified atom stereocenters. The van der Waals surface area contributed by atoms with Gasteiger partial charge in [-0.25, -0.2) is 4.39 Å². The summed E-state index contributed by atoms with van der Waals surface area (Å²) in [4.78, 5) is 4.38. The fourth-order valence-electron chi connectivity index (χ4n) is 1.98. The standard InChI is InChI=1S/C14H17FN2O2/c1-4-19-14-6-10-12(16-2)5-9(8-18-3)17-13(10)7-11(14)15/h5-7H,4,8H2,1-3H3,(H,16,17). The van der Waals surface area contributed by atoms with E-state index in [2.05, 4.69) is 10.3 Å². The topological polar surface area (TPSA) is 43.4 Å². The normalized spacial score (nSPS) is 10.7. The first kappa shape index (κ1) is 13.5. The highest BCUT2D eigenvalue weighted by molar-refractivity contribution is 5.92. The summed E-state index contributed by atoms with van der Waals surface area (Å²) >= 11 is 0. The summed E-state index contributed by atoms with van der Waals surface area (Å²) in [5.41, 5.74) is 2.21. The second-order valence-corrected chi connectivity index (χ2v) is 4.08. The van der Waals surface area contributed by atoms with Crippen molar-refractivity contribution < 1.29 is 13.9 Å². The van der Waals surface area contributed by atoms with Crippen LogP contribution in [0.2, 0.25) is 0 Å². The van der Waals surface area contributed by atoms with Crippen LogP contribution in [0.3, 0.4) is 0 Å². The van der Waals surface area contributed by atoms with Gasteiger partial charge in [-0.05, 0) is 19.1 Å². The number of rotatable bonds is 5. The molecule has 19 heavy (non-hydrogen) atoms. The molecule has 1 aromatic carbocycles. The summed E-state index contributed by atoms with van der Waals surface area (Å²) in [6, 6.07) is 4.95. The van der Waals surface area contributed by atoms with Gasteiger partial charge in [-0.15, -0.1) is 0 Å². The van der Waals surface area contributed by atoms with E-state index < -0.39 is 5.82 Å². The van der Waals surface area contributed by atoms with Crippen LogP contribution in [-0.4, -0.2) is 25.7 Å². The number of aromatic nitrogens is 1. The molecule has 0 radical (unpaired) electrons. The summed E-state index contributed by atoms with van der Waals surface area (Å²) in [6.45, 7) is 2.63. The van der Waals surface area contributed by atoms with Gasteiger partial charge >= 0.3 is 0 Å². The lowest BCUT2D eigenvalue weighted by Crippen LogP contribution is -2.00. The second-order valence-electron chi connectivity index (χ2n) is 4.08. The van der Waals surface area contributed by atoms with Crippen LogP contribution in [0.5, 0.6) is 5.75 Å². The zero-order valence-electron chi connectivity index (χ0n) is 11.3. The van der Waals surface area contributed by atoms with Crippen molar-refractivity contribution in [2.24, 2.45) is 0 Å². The summed E-state index contributed by atoms with van der Waals surface area (Å²) in [7, 11) is 3.42. The minimum atomic E-state index is -0.404. The molecule has 2 aromatic rings. The lowest BCUT2D eigenvalue weighted by molar-refractivity contribution is 0.182. The van der Waals surface area contributed by atoms with Crippen molar-refractivity contribution in [1.82, 2.24) is 4.98 Å². The molecule has 0 saturated heterocycles. The Morgan fingerprint density at radius 1 is 1.32 bits per heavy atom. The van der Waals surface area contributed by atoms with Crippen LogP contribution >= 0.6 is 0 Å². The van der Waals surface area contributed by atoms with Crippen molar-refractivity contribution in [2.45, 2.75) is 13.5 Å². The van der Waals surface area contributed by atoms with E-state index >= 15 is 0 Å². The summed E-state index contributed by atoms with van der Waals surface area (Å²) in [5.74, 6) is -0.161. The van der Waals surface area contributed by atoms with Gasteiger partial charge in [0.25, 0.3) is 0 Å².